The first-order valence-corrected chi connectivity index (χ1v) is 29.6. The summed E-state index contributed by atoms with van der Waals surface area (Å²) < 4.78 is 41.2. The molecule has 1 amide bonds. The van der Waals surface area contributed by atoms with Crippen molar-refractivity contribution >= 4 is 36.5 Å². The van der Waals surface area contributed by atoms with E-state index >= 15 is 9.59 Å². The molecule has 8 aromatic rings. The third-order valence-electron chi connectivity index (χ3n) is 14.9. The van der Waals surface area contributed by atoms with Gasteiger partial charge in [-0.1, -0.05) is 257 Å². The maximum absolute atomic E-state index is 16.0. The van der Waals surface area contributed by atoms with E-state index in [-0.39, 0.29) is 52.1 Å². The molecule has 10 nitrogen and oxygen atoms in total. The average molecular weight is 1100 g/mol. The number of carbonyl (C=O) groups excluding carboxylic acids is 3. The number of rotatable bonds is 27. The van der Waals surface area contributed by atoms with Crippen molar-refractivity contribution in [2.24, 2.45) is 0 Å². The third kappa shape index (κ3) is 14.3. The molecule has 4 atom stereocenters. The van der Waals surface area contributed by atoms with E-state index in [9.17, 15) is 4.79 Å². The van der Waals surface area contributed by atoms with E-state index in [2.05, 4.69) is 75.9 Å². The summed E-state index contributed by atoms with van der Waals surface area (Å²) in [5.41, 5.74) is 7.43. The van der Waals surface area contributed by atoms with Crippen molar-refractivity contribution in [1.82, 2.24) is 4.90 Å². The Morgan fingerprint density at radius 2 is 0.926 bits per heavy atom. The standard InChI is InChI=1S/C70H71NO9Si/c1-5-44-71(69(74)79-50-62-60-42-26-24-40-58(60)59-41-25-27-43-61(59)62)63(45-65(73)75-46-52-28-12-6-13-29-52)66(76-47-53-30-14-7-15-31-53)68(78-49-55-34-18-9-19-35-55)67(77-48-54-32-16-8-17-33-54)64(72)51-80-81(70(2,3)4,56-36-20-10-21-37-56)57-38-22-11-23-39-57/h5-43,62-63,66-68H,1,44-51H2,2-4H3/t63-,66-,67+,68+/m0/s1. The van der Waals surface area contributed by atoms with Gasteiger partial charge >= 0.3 is 12.1 Å². The van der Waals surface area contributed by atoms with Gasteiger partial charge in [-0.3, -0.25) is 14.5 Å². The zero-order valence-corrected chi connectivity index (χ0v) is 47.4. The molecule has 1 aliphatic rings. The van der Waals surface area contributed by atoms with Crippen LogP contribution in [0.3, 0.4) is 0 Å². The smallest absolute Gasteiger partial charge is 0.410 e. The van der Waals surface area contributed by atoms with Crippen LogP contribution in [0.2, 0.25) is 5.04 Å². The molecule has 0 radical (unpaired) electrons. The lowest BCUT2D eigenvalue weighted by Crippen LogP contribution is -2.67. The Hall–Kier alpha value is -8.03. The summed E-state index contributed by atoms with van der Waals surface area (Å²) in [5, 5.41) is 1.52. The molecular formula is C70H71NO9Si. The lowest BCUT2D eigenvalue weighted by Gasteiger charge is -2.43. The minimum absolute atomic E-state index is 0.000401. The number of fused-ring (bicyclic) bond motifs is 3. The number of esters is 1. The van der Waals surface area contributed by atoms with Gasteiger partial charge in [-0.15, -0.1) is 6.58 Å². The van der Waals surface area contributed by atoms with Crippen molar-refractivity contribution in [2.75, 3.05) is 19.8 Å². The van der Waals surface area contributed by atoms with Gasteiger partial charge in [-0.05, 0) is 59.9 Å². The SMILES string of the molecule is C=CCN(C(=O)OCC1c2ccccc2-c2ccccc21)[C@@H](CC(=O)OCc1ccccc1)[C@H](OCc1ccccc1)[C@@H](OCc1ccccc1)[C@H](OCc1ccccc1)C(=O)CO[Si](c1ccccc1)(c1ccccc1)C(C)(C)C. The summed E-state index contributed by atoms with van der Waals surface area (Å²) in [6, 6.07) is 73.6. The van der Waals surface area contributed by atoms with Gasteiger partial charge in [-0.2, -0.15) is 0 Å². The number of hydrogen-bond donors (Lipinski definition) is 0. The summed E-state index contributed by atoms with van der Waals surface area (Å²) in [6.45, 7) is 10.1. The summed E-state index contributed by atoms with van der Waals surface area (Å²) in [6.07, 6.45) is -3.54. The first-order chi connectivity index (χ1) is 39.5. The highest BCUT2D eigenvalue weighted by molar-refractivity contribution is 6.99. The lowest BCUT2D eigenvalue weighted by molar-refractivity contribution is -0.180. The molecule has 0 unspecified atom stereocenters. The van der Waals surface area contributed by atoms with Crippen LogP contribution in [0, 0.1) is 0 Å². The Labute approximate surface area is 478 Å². The van der Waals surface area contributed by atoms with E-state index in [1.54, 1.807) is 6.08 Å². The highest BCUT2D eigenvalue weighted by Crippen LogP contribution is 2.45. The lowest BCUT2D eigenvalue weighted by atomic mass is 9.94. The zero-order chi connectivity index (χ0) is 56.4. The van der Waals surface area contributed by atoms with E-state index in [4.69, 9.17) is 28.1 Å². The first-order valence-electron chi connectivity index (χ1n) is 27.7. The van der Waals surface area contributed by atoms with Crippen molar-refractivity contribution in [3.05, 3.63) is 277 Å². The molecule has 0 spiro atoms. The van der Waals surface area contributed by atoms with Gasteiger partial charge in [0, 0.05) is 12.5 Å². The van der Waals surface area contributed by atoms with Gasteiger partial charge in [0.25, 0.3) is 8.32 Å². The highest BCUT2D eigenvalue weighted by atomic mass is 28.4. The van der Waals surface area contributed by atoms with E-state index < -0.39 is 62.0 Å². The fourth-order valence-corrected chi connectivity index (χ4v) is 15.5. The second kappa shape index (κ2) is 27.9. The van der Waals surface area contributed by atoms with Gasteiger partial charge in [0.2, 0.25) is 0 Å². The summed E-state index contributed by atoms with van der Waals surface area (Å²) >= 11 is 0. The van der Waals surface area contributed by atoms with Crippen molar-refractivity contribution in [3.63, 3.8) is 0 Å². The molecular weight excluding hydrogens is 1030 g/mol. The topological polar surface area (TPSA) is 110 Å². The number of ketones is 1. The van der Waals surface area contributed by atoms with Crippen LogP contribution in [0.5, 0.6) is 0 Å². The Kier molecular flexibility index (Phi) is 19.9. The average Bonchev–Trinajstić information content (AvgIpc) is 3.87. The Bertz CT molecular complexity index is 3180. The number of hydrogen-bond acceptors (Lipinski definition) is 9. The molecule has 0 heterocycles. The van der Waals surface area contributed by atoms with Crippen molar-refractivity contribution in [2.45, 2.75) is 88.9 Å². The molecule has 414 valence electrons. The van der Waals surface area contributed by atoms with E-state index in [1.165, 1.54) is 4.90 Å². The zero-order valence-electron chi connectivity index (χ0n) is 46.4. The molecule has 0 saturated heterocycles. The van der Waals surface area contributed by atoms with Gasteiger partial charge in [-0.25, -0.2) is 4.79 Å². The van der Waals surface area contributed by atoms with Crippen LogP contribution in [-0.4, -0.2) is 75.2 Å². The van der Waals surface area contributed by atoms with E-state index in [1.807, 2.05) is 182 Å². The predicted molar refractivity (Wildman–Crippen MR) is 320 cm³/mol. The monoisotopic (exact) mass is 1100 g/mol. The highest BCUT2D eigenvalue weighted by Gasteiger charge is 2.52. The third-order valence-corrected chi connectivity index (χ3v) is 19.9. The maximum atomic E-state index is 16.0. The summed E-state index contributed by atoms with van der Waals surface area (Å²) in [5.74, 6) is -1.31. The molecule has 81 heavy (non-hydrogen) atoms. The number of benzene rings is 8. The van der Waals surface area contributed by atoms with Crippen LogP contribution in [0.15, 0.2) is 243 Å². The molecule has 0 aliphatic heterocycles. The van der Waals surface area contributed by atoms with Gasteiger partial charge in [0.15, 0.2) is 5.78 Å². The maximum Gasteiger partial charge on any atom is 0.410 e. The van der Waals surface area contributed by atoms with Crippen molar-refractivity contribution < 1.29 is 42.5 Å². The number of Topliss-reactive ketones (excluding diaryl/α,β-unsaturated/α-hetero) is 1. The normalized spacial score (nSPS) is 13.7. The molecule has 0 fully saturated rings. The Morgan fingerprint density at radius 1 is 0.519 bits per heavy atom. The van der Waals surface area contributed by atoms with Crippen LogP contribution in [-0.2, 0) is 64.1 Å². The summed E-state index contributed by atoms with van der Waals surface area (Å²) in [7, 11) is -3.32. The second-order valence-corrected chi connectivity index (χ2v) is 25.6. The molecule has 1 aliphatic carbocycles. The van der Waals surface area contributed by atoms with Gasteiger partial charge in [0.1, 0.15) is 31.5 Å². The van der Waals surface area contributed by atoms with Gasteiger partial charge < -0.3 is 28.1 Å². The van der Waals surface area contributed by atoms with Crippen LogP contribution in [0.1, 0.15) is 66.5 Å². The summed E-state index contributed by atoms with van der Waals surface area (Å²) in [4.78, 5) is 47.6. The Balaban J connectivity index is 1.17. The molecule has 0 bridgehead atoms. The minimum Gasteiger partial charge on any atom is -0.461 e. The van der Waals surface area contributed by atoms with E-state index in [0.717, 1.165) is 54.9 Å². The molecule has 0 N–H and O–H groups in total. The second-order valence-electron chi connectivity index (χ2n) is 21.3. The predicted octanol–water partition coefficient (Wildman–Crippen LogP) is 12.8. The molecule has 0 aromatic heterocycles. The van der Waals surface area contributed by atoms with Crippen molar-refractivity contribution in [3.8, 4) is 11.1 Å². The van der Waals surface area contributed by atoms with Crippen LogP contribution in [0.4, 0.5) is 4.79 Å². The van der Waals surface area contributed by atoms with Crippen LogP contribution >= 0.6 is 0 Å². The fraction of sp³-hybridized carbons (Fsp3) is 0.243. The van der Waals surface area contributed by atoms with Gasteiger partial charge in [0.05, 0.1) is 38.9 Å². The number of nitrogens with zero attached hydrogens (tertiary/aromatic N) is 1. The van der Waals surface area contributed by atoms with Crippen molar-refractivity contribution in [1.29, 1.82) is 0 Å². The molecule has 0 saturated carbocycles. The molecule has 8 aromatic carbocycles. The Morgan fingerprint density at radius 3 is 1.38 bits per heavy atom. The van der Waals surface area contributed by atoms with E-state index in [0.29, 0.717) is 0 Å². The first kappa shape index (κ1) is 57.6. The fourth-order valence-electron chi connectivity index (χ4n) is 11.0. The minimum atomic E-state index is -3.32. The number of carbonyl (C=O) groups is 3. The number of ether oxygens (including phenoxy) is 5. The largest absolute Gasteiger partial charge is 0.461 e. The van der Waals surface area contributed by atoms with Crippen LogP contribution < -0.4 is 10.4 Å². The molecule has 11 heteroatoms. The number of amides is 1. The quantitative estimate of drug-likeness (QED) is 0.0282. The molecule has 9 rings (SSSR count). The van der Waals surface area contributed by atoms with Crippen LogP contribution in [0.25, 0.3) is 11.1 Å².